The average molecular weight is 424 g/mol. The molecule has 0 unspecified atom stereocenters. The summed E-state index contributed by atoms with van der Waals surface area (Å²) < 4.78 is 47.3. The van der Waals surface area contributed by atoms with Crippen LogP contribution in [-0.4, -0.2) is 11.0 Å². The molecule has 0 amide bonds. The third kappa shape index (κ3) is 4.30. The van der Waals surface area contributed by atoms with Crippen LogP contribution in [0.4, 0.5) is 13.2 Å². The Balaban J connectivity index is 1.72. The topological polar surface area (TPSA) is 62.2 Å². The van der Waals surface area contributed by atoms with Crippen LogP contribution in [0.3, 0.4) is 0 Å². The van der Waals surface area contributed by atoms with E-state index < -0.39 is 23.4 Å². The van der Waals surface area contributed by atoms with Gasteiger partial charge in [-0.25, -0.2) is 18.2 Å². The Morgan fingerprint density at radius 3 is 2.58 bits per heavy atom. The van der Waals surface area contributed by atoms with Gasteiger partial charge in [-0.15, -0.1) is 0 Å². The molecule has 0 radical (unpaired) electrons. The van der Waals surface area contributed by atoms with Crippen molar-refractivity contribution < 1.29 is 27.8 Å². The monoisotopic (exact) mass is 424 g/mol. The molecule has 1 heterocycles. The van der Waals surface area contributed by atoms with Gasteiger partial charge in [-0.2, -0.15) is 0 Å². The lowest BCUT2D eigenvalue weighted by molar-refractivity contribution is -0.255. The fourth-order valence-corrected chi connectivity index (χ4v) is 3.72. The van der Waals surface area contributed by atoms with Gasteiger partial charge in [-0.3, -0.25) is 0 Å². The van der Waals surface area contributed by atoms with Crippen molar-refractivity contribution in [3.05, 3.63) is 94.6 Å². The van der Waals surface area contributed by atoms with E-state index in [0.717, 1.165) is 23.6 Å². The average Bonchev–Trinajstić information content (AvgIpc) is 3.25. The summed E-state index contributed by atoms with van der Waals surface area (Å²) in [7, 11) is 0. The lowest BCUT2D eigenvalue weighted by Gasteiger charge is -2.15. The lowest BCUT2D eigenvalue weighted by atomic mass is 9.98. The molecule has 31 heavy (non-hydrogen) atoms. The number of benzene rings is 2. The van der Waals surface area contributed by atoms with Gasteiger partial charge < -0.3 is 14.6 Å². The highest BCUT2D eigenvalue weighted by atomic mass is 19.2. The van der Waals surface area contributed by atoms with E-state index in [9.17, 15) is 23.1 Å². The third-order valence-electron chi connectivity index (χ3n) is 5.17. The van der Waals surface area contributed by atoms with Crippen molar-refractivity contribution in [2.45, 2.75) is 25.9 Å². The van der Waals surface area contributed by atoms with Gasteiger partial charge >= 0.3 is 0 Å². The Bertz CT molecular complexity index is 1190. The maximum atomic E-state index is 14.1. The summed E-state index contributed by atoms with van der Waals surface area (Å²) in [5.74, 6) is -3.51. The van der Waals surface area contributed by atoms with E-state index in [1.807, 2.05) is 0 Å². The second-order valence-electron chi connectivity index (χ2n) is 7.15. The molecule has 0 atom stereocenters. The predicted octanol–water partition coefficient (Wildman–Crippen LogP) is 4.54. The number of carbonyl (C=O) groups excluding carboxylic acids is 1. The van der Waals surface area contributed by atoms with Crippen molar-refractivity contribution in [3.8, 4) is 5.75 Å². The highest BCUT2D eigenvalue weighted by Crippen LogP contribution is 2.42. The Labute approximate surface area is 176 Å². The molecule has 3 aromatic rings. The number of aromatic carboxylic acids is 1. The first-order valence-corrected chi connectivity index (χ1v) is 9.70. The number of carboxylic acid groups (broad SMARTS) is 1. The minimum Gasteiger partial charge on any atom is -0.543 e. The molecule has 4 nitrogen and oxygen atoms in total. The number of carboxylic acids is 1. The molecule has 4 rings (SSSR count). The Hall–Kier alpha value is -3.61. The SMILES string of the molecule is O=C([O-])c1cccc(C2=C(c3cc(F)ccc3OCc3cccc(F)c3F)CCC2)n1. The van der Waals surface area contributed by atoms with Crippen molar-refractivity contribution in [2.75, 3.05) is 0 Å². The summed E-state index contributed by atoms with van der Waals surface area (Å²) >= 11 is 0. The molecule has 2 aromatic carbocycles. The van der Waals surface area contributed by atoms with Crippen molar-refractivity contribution in [2.24, 2.45) is 0 Å². The number of pyridine rings is 1. The zero-order valence-corrected chi connectivity index (χ0v) is 16.3. The first-order valence-electron chi connectivity index (χ1n) is 9.70. The molecular formula is C24H17F3NO3-. The smallest absolute Gasteiger partial charge is 0.165 e. The Kier molecular flexibility index (Phi) is 5.75. The van der Waals surface area contributed by atoms with Crippen molar-refractivity contribution in [3.63, 3.8) is 0 Å². The number of halogens is 3. The minimum absolute atomic E-state index is 0.0410. The summed E-state index contributed by atoms with van der Waals surface area (Å²) in [4.78, 5) is 15.3. The number of ether oxygens (including phenoxy) is 1. The third-order valence-corrected chi connectivity index (χ3v) is 5.17. The summed E-state index contributed by atoms with van der Waals surface area (Å²) in [5, 5.41) is 11.2. The second-order valence-corrected chi connectivity index (χ2v) is 7.15. The molecule has 0 saturated carbocycles. The normalized spacial score (nSPS) is 13.5. The second kappa shape index (κ2) is 8.63. The number of rotatable bonds is 6. The zero-order chi connectivity index (χ0) is 22.0. The molecule has 7 heteroatoms. The maximum Gasteiger partial charge on any atom is 0.165 e. The quantitative estimate of drug-likeness (QED) is 0.583. The van der Waals surface area contributed by atoms with E-state index in [1.54, 1.807) is 12.1 Å². The van der Waals surface area contributed by atoms with Crippen LogP contribution in [0.25, 0.3) is 11.1 Å². The minimum atomic E-state index is -1.38. The highest BCUT2D eigenvalue weighted by Gasteiger charge is 2.22. The molecule has 0 spiro atoms. The summed E-state index contributed by atoms with van der Waals surface area (Å²) in [6.45, 7) is -0.233. The number of carbonyl (C=O) groups is 1. The van der Waals surface area contributed by atoms with E-state index in [4.69, 9.17) is 4.74 Å². The van der Waals surface area contributed by atoms with Gasteiger partial charge in [-0.05, 0) is 66.8 Å². The molecule has 0 bridgehead atoms. The van der Waals surface area contributed by atoms with Crippen molar-refractivity contribution in [1.82, 2.24) is 4.98 Å². The number of nitrogens with zero attached hydrogens (tertiary/aromatic N) is 1. The fraction of sp³-hybridized carbons (Fsp3) is 0.167. The van der Waals surface area contributed by atoms with Gasteiger partial charge in [0.1, 0.15) is 18.2 Å². The van der Waals surface area contributed by atoms with Crippen LogP contribution < -0.4 is 9.84 Å². The van der Waals surface area contributed by atoms with Gasteiger partial charge in [0.05, 0.1) is 17.4 Å². The number of hydrogen-bond acceptors (Lipinski definition) is 4. The maximum absolute atomic E-state index is 14.1. The van der Waals surface area contributed by atoms with E-state index in [1.165, 1.54) is 36.4 Å². The van der Waals surface area contributed by atoms with Crippen LogP contribution in [0.5, 0.6) is 5.75 Å². The molecule has 158 valence electrons. The summed E-state index contributed by atoms with van der Waals surface area (Å²) in [6.07, 6.45) is 2.02. The molecule has 0 N–H and O–H groups in total. The molecule has 0 saturated heterocycles. The van der Waals surface area contributed by atoms with E-state index in [2.05, 4.69) is 4.98 Å². The Morgan fingerprint density at radius 1 is 1.00 bits per heavy atom. The zero-order valence-electron chi connectivity index (χ0n) is 16.3. The number of hydrogen-bond donors (Lipinski definition) is 0. The first kappa shape index (κ1) is 20.7. The van der Waals surface area contributed by atoms with Crippen LogP contribution >= 0.6 is 0 Å². The summed E-state index contributed by atoms with van der Waals surface area (Å²) in [5.41, 5.74) is 2.37. The Morgan fingerprint density at radius 2 is 1.77 bits per heavy atom. The number of allylic oxidation sites excluding steroid dienone is 2. The van der Waals surface area contributed by atoms with Crippen LogP contribution in [0.15, 0.2) is 54.6 Å². The summed E-state index contributed by atoms with van der Waals surface area (Å²) in [6, 6.07) is 12.4. The largest absolute Gasteiger partial charge is 0.543 e. The predicted molar refractivity (Wildman–Crippen MR) is 106 cm³/mol. The van der Waals surface area contributed by atoms with Gasteiger partial charge in [0.25, 0.3) is 0 Å². The van der Waals surface area contributed by atoms with Crippen LogP contribution in [0.2, 0.25) is 0 Å². The van der Waals surface area contributed by atoms with E-state index >= 15 is 0 Å². The van der Waals surface area contributed by atoms with Crippen LogP contribution in [0.1, 0.15) is 46.6 Å². The molecule has 1 aromatic heterocycles. The molecule has 0 fully saturated rings. The molecule has 1 aliphatic rings. The standard InChI is InChI=1S/C24H18F3NO3/c25-15-10-11-22(31-13-14-4-1-7-19(26)23(14)27)18(12-15)16-5-2-6-17(16)20-8-3-9-21(28-20)24(29)30/h1,3-4,7-12H,2,5-6,13H2,(H,29,30)/p-1. The highest BCUT2D eigenvalue weighted by molar-refractivity contribution is 5.94. The van der Waals surface area contributed by atoms with E-state index in [-0.39, 0.29) is 17.9 Å². The van der Waals surface area contributed by atoms with Crippen molar-refractivity contribution in [1.29, 1.82) is 0 Å². The van der Waals surface area contributed by atoms with Gasteiger partial charge in [-0.1, -0.05) is 18.2 Å². The van der Waals surface area contributed by atoms with Gasteiger partial charge in [0, 0.05) is 11.1 Å². The van der Waals surface area contributed by atoms with Crippen molar-refractivity contribution >= 4 is 17.1 Å². The molecular weight excluding hydrogens is 407 g/mol. The first-order chi connectivity index (χ1) is 14.9. The van der Waals surface area contributed by atoms with E-state index in [0.29, 0.717) is 29.8 Å². The number of aromatic nitrogens is 1. The molecule has 0 aliphatic heterocycles. The molecule has 1 aliphatic carbocycles. The lowest BCUT2D eigenvalue weighted by Crippen LogP contribution is -2.23. The van der Waals surface area contributed by atoms with Crippen LogP contribution in [-0.2, 0) is 6.61 Å². The fourth-order valence-electron chi connectivity index (χ4n) is 3.72. The van der Waals surface area contributed by atoms with Crippen LogP contribution in [0, 0.1) is 17.5 Å². The van der Waals surface area contributed by atoms with Gasteiger partial charge in [0.2, 0.25) is 0 Å². The van der Waals surface area contributed by atoms with Gasteiger partial charge in [0.15, 0.2) is 11.6 Å².